The molecule has 5 rings (SSSR count). The Morgan fingerprint density at radius 2 is 1.58 bits per heavy atom. The third-order valence-electron chi connectivity index (χ3n) is 5.55. The molecule has 0 radical (unpaired) electrons. The molecule has 0 saturated carbocycles. The van der Waals surface area contributed by atoms with Crippen molar-refractivity contribution >= 4 is 32.3 Å². The largest absolute Gasteiger partial charge is 0.337 e. The van der Waals surface area contributed by atoms with Crippen molar-refractivity contribution in [1.82, 2.24) is 24.3 Å². The Labute approximate surface area is 190 Å². The molecule has 2 aromatic carbocycles. The van der Waals surface area contributed by atoms with Crippen LogP contribution in [0.3, 0.4) is 0 Å². The van der Waals surface area contributed by atoms with Gasteiger partial charge in [-0.05, 0) is 29.8 Å². The topological polar surface area (TPSA) is 98.4 Å². The summed E-state index contributed by atoms with van der Waals surface area (Å²) in [6, 6.07) is 21.8. The summed E-state index contributed by atoms with van der Waals surface area (Å²) in [5.74, 6) is 0.164. The SMILES string of the molecule is Cn1c(C(NC(=O)c2nc(S(C)(=O)=O)n3ccccc23)c2ccccc2)nc2ccccc21. The summed E-state index contributed by atoms with van der Waals surface area (Å²) in [6.07, 6.45) is 2.65. The van der Waals surface area contributed by atoms with Crippen LogP contribution < -0.4 is 5.32 Å². The predicted molar refractivity (Wildman–Crippen MR) is 125 cm³/mol. The van der Waals surface area contributed by atoms with E-state index in [0.29, 0.717) is 11.3 Å². The second-order valence-corrected chi connectivity index (χ2v) is 9.72. The van der Waals surface area contributed by atoms with Crippen molar-refractivity contribution in [2.75, 3.05) is 6.26 Å². The molecule has 1 amide bonds. The van der Waals surface area contributed by atoms with E-state index in [9.17, 15) is 13.2 Å². The molecule has 33 heavy (non-hydrogen) atoms. The Bertz CT molecular complexity index is 1600. The van der Waals surface area contributed by atoms with Gasteiger partial charge in [0.25, 0.3) is 5.91 Å². The molecule has 1 atom stereocenters. The minimum Gasteiger partial charge on any atom is -0.337 e. The number of carbonyl (C=O) groups is 1. The highest BCUT2D eigenvalue weighted by molar-refractivity contribution is 7.90. The van der Waals surface area contributed by atoms with E-state index >= 15 is 0 Å². The first-order valence-electron chi connectivity index (χ1n) is 10.3. The maximum absolute atomic E-state index is 13.5. The Morgan fingerprint density at radius 1 is 0.909 bits per heavy atom. The first-order valence-corrected chi connectivity index (χ1v) is 12.2. The molecule has 0 aliphatic heterocycles. The number of hydrogen-bond donors (Lipinski definition) is 1. The average Bonchev–Trinajstić information content (AvgIpc) is 3.37. The Hall–Kier alpha value is -3.98. The van der Waals surface area contributed by atoms with Gasteiger partial charge in [-0.3, -0.25) is 9.20 Å². The molecule has 0 aliphatic carbocycles. The first kappa shape index (κ1) is 20.9. The number of hydrogen-bond acceptors (Lipinski definition) is 5. The zero-order valence-electron chi connectivity index (χ0n) is 18.0. The summed E-state index contributed by atoms with van der Waals surface area (Å²) in [5, 5.41) is 2.85. The van der Waals surface area contributed by atoms with Crippen molar-refractivity contribution in [1.29, 1.82) is 0 Å². The van der Waals surface area contributed by atoms with Crippen molar-refractivity contribution in [3.63, 3.8) is 0 Å². The summed E-state index contributed by atoms with van der Waals surface area (Å²) in [7, 11) is -1.74. The van der Waals surface area contributed by atoms with Crippen LogP contribution >= 0.6 is 0 Å². The normalized spacial score (nSPS) is 12.8. The van der Waals surface area contributed by atoms with Gasteiger partial charge in [0.2, 0.25) is 15.0 Å². The quantitative estimate of drug-likeness (QED) is 0.435. The molecule has 0 spiro atoms. The second kappa shape index (κ2) is 7.86. The summed E-state index contributed by atoms with van der Waals surface area (Å²) < 4.78 is 27.9. The summed E-state index contributed by atoms with van der Waals surface area (Å²) >= 11 is 0. The van der Waals surface area contributed by atoms with Crippen LogP contribution in [0.2, 0.25) is 0 Å². The molecule has 0 saturated heterocycles. The van der Waals surface area contributed by atoms with Gasteiger partial charge in [-0.25, -0.2) is 18.4 Å². The van der Waals surface area contributed by atoms with Crippen LogP contribution in [-0.2, 0) is 16.9 Å². The average molecular weight is 460 g/mol. The van der Waals surface area contributed by atoms with E-state index < -0.39 is 21.8 Å². The van der Waals surface area contributed by atoms with Crippen LogP contribution in [0.25, 0.3) is 16.6 Å². The molecule has 3 aromatic heterocycles. The van der Waals surface area contributed by atoms with Crippen molar-refractivity contribution < 1.29 is 13.2 Å². The van der Waals surface area contributed by atoms with Gasteiger partial charge < -0.3 is 9.88 Å². The number of benzene rings is 2. The van der Waals surface area contributed by atoms with Gasteiger partial charge in [0, 0.05) is 19.5 Å². The van der Waals surface area contributed by atoms with Gasteiger partial charge in [-0.2, -0.15) is 0 Å². The number of amides is 1. The zero-order chi connectivity index (χ0) is 23.2. The number of carbonyl (C=O) groups excluding carboxylic acids is 1. The number of para-hydroxylation sites is 2. The maximum atomic E-state index is 13.5. The summed E-state index contributed by atoms with van der Waals surface area (Å²) in [4.78, 5) is 22.4. The minimum atomic E-state index is -3.64. The molecule has 9 heteroatoms. The number of nitrogens with one attached hydrogen (secondary N) is 1. The molecular formula is C24H21N5O3S. The molecule has 1 unspecified atom stereocenters. The molecule has 0 aliphatic rings. The number of sulfone groups is 1. The van der Waals surface area contributed by atoms with Crippen molar-refractivity contribution in [3.8, 4) is 0 Å². The van der Waals surface area contributed by atoms with E-state index in [2.05, 4.69) is 10.3 Å². The van der Waals surface area contributed by atoms with E-state index in [0.717, 1.165) is 22.9 Å². The van der Waals surface area contributed by atoms with E-state index in [1.165, 1.54) is 4.40 Å². The highest BCUT2D eigenvalue weighted by Gasteiger charge is 2.27. The highest BCUT2D eigenvalue weighted by atomic mass is 32.2. The zero-order valence-corrected chi connectivity index (χ0v) is 18.8. The van der Waals surface area contributed by atoms with Gasteiger partial charge in [0.15, 0.2) is 5.69 Å². The van der Waals surface area contributed by atoms with Gasteiger partial charge in [-0.1, -0.05) is 48.5 Å². The third kappa shape index (κ3) is 3.66. The summed E-state index contributed by atoms with van der Waals surface area (Å²) in [5.41, 5.74) is 3.05. The molecule has 0 bridgehead atoms. The number of nitrogens with zero attached hydrogens (tertiary/aromatic N) is 4. The fourth-order valence-electron chi connectivity index (χ4n) is 4.00. The van der Waals surface area contributed by atoms with Crippen LogP contribution in [0.15, 0.2) is 84.1 Å². The van der Waals surface area contributed by atoms with Crippen LogP contribution in [0.5, 0.6) is 0 Å². The van der Waals surface area contributed by atoms with Crippen molar-refractivity contribution in [2.24, 2.45) is 7.05 Å². The molecular weight excluding hydrogens is 438 g/mol. The van der Waals surface area contributed by atoms with Gasteiger partial charge in [0.05, 0.1) is 16.6 Å². The standard InChI is InChI=1S/C24H21N5O3S/c1-28-18-13-7-6-12-17(18)25-22(28)20(16-10-4-3-5-11-16)26-23(30)21-19-14-8-9-15-29(19)24(27-21)33(2,31)32/h3-15,20H,1-2H3,(H,26,30). The fraction of sp³-hybridized carbons (Fsp3) is 0.125. The fourth-order valence-corrected chi connectivity index (χ4v) is 4.78. The number of pyridine rings is 1. The number of aryl methyl sites for hydroxylation is 1. The van der Waals surface area contributed by atoms with Gasteiger partial charge in [0.1, 0.15) is 11.9 Å². The van der Waals surface area contributed by atoms with Crippen molar-refractivity contribution in [3.05, 3.63) is 96.1 Å². The molecule has 8 nitrogen and oxygen atoms in total. The van der Waals surface area contributed by atoms with Crippen LogP contribution in [0, 0.1) is 0 Å². The van der Waals surface area contributed by atoms with E-state index in [1.54, 1.807) is 24.4 Å². The second-order valence-electron chi connectivity index (χ2n) is 7.81. The molecule has 166 valence electrons. The minimum absolute atomic E-state index is 0.0377. The lowest BCUT2D eigenvalue weighted by Gasteiger charge is -2.19. The number of aromatic nitrogens is 4. The van der Waals surface area contributed by atoms with Crippen molar-refractivity contribution in [2.45, 2.75) is 11.2 Å². The smallest absolute Gasteiger partial charge is 0.273 e. The van der Waals surface area contributed by atoms with E-state index in [4.69, 9.17) is 4.98 Å². The lowest BCUT2D eigenvalue weighted by Crippen LogP contribution is -2.31. The highest BCUT2D eigenvalue weighted by Crippen LogP contribution is 2.26. The lowest BCUT2D eigenvalue weighted by atomic mass is 10.1. The number of imidazole rings is 2. The van der Waals surface area contributed by atoms with Gasteiger partial charge in [-0.15, -0.1) is 0 Å². The first-order chi connectivity index (χ1) is 15.8. The lowest BCUT2D eigenvalue weighted by molar-refractivity contribution is 0.0938. The summed E-state index contributed by atoms with van der Waals surface area (Å²) in [6.45, 7) is 0. The Balaban J connectivity index is 1.63. The predicted octanol–water partition coefficient (Wildman–Crippen LogP) is 3.14. The molecule has 3 heterocycles. The third-order valence-corrected chi connectivity index (χ3v) is 6.50. The molecule has 1 N–H and O–H groups in total. The monoisotopic (exact) mass is 459 g/mol. The molecule has 0 fully saturated rings. The van der Waals surface area contributed by atoms with Gasteiger partial charge >= 0.3 is 0 Å². The maximum Gasteiger partial charge on any atom is 0.273 e. The van der Waals surface area contributed by atoms with Crippen LogP contribution in [0.4, 0.5) is 0 Å². The van der Waals surface area contributed by atoms with Crippen LogP contribution in [0.1, 0.15) is 27.9 Å². The Kier molecular flexibility index (Phi) is 4.98. The number of fused-ring (bicyclic) bond motifs is 2. The van der Waals surface area contributed by atoms with E-state index in [-0.39, 0.29) is 10.9 Å². The molecule has 5 aromatic rings. The van der Waals surface area contributed by atoms with Crippen LogP contribution in [-0.4, -0.2) is 39.5 Å². The Morgan fingerprint density at radius 3 is 2.30 bits per heavy atom. The van der Waals surface area contributed by atoms with E-state index in [1.807, 2.05) is 66.2 Å². The number of rotatable bonds is 5.